The zero-order chi connectivity index (χ0) is 14.0. The molecular formula is C12H24N2O4. The standard InChI is InChI=1S/C12H24N2O4/c1-5-7-16-10(17-8-6-13)9-14-11(15)18-12(2,3)4/h5,10H,1,6-9,13H2,2-4H3,(H,14,15)/t10-/m0/s1. The van der Waals surface area contributed by atoms with Gasteiger partial charge in [-0.1, -0.05) is 6.08 Å². The smallest absolute Gasteiger partial charge is 0.407 e. The molecule has 0 bridgehead atoms. The van der Waals surface area contributed by atoms with Crippen molar-refractivity contribution < 1.29 is 19.0 Å². The molecule has 0 fully saturated rings. The van der Waals surface area contributed by atoms with Crippen molar-refractivity contribution in [2.45, 2.75) is 32.7 Å². The summed E-state index contributed by atoms with van der Waals surface area (Å²) >= 11 is 0. The average Bonchev–Trinajstić information content (AvgIpc) is 2.25. The second-order valence-electron chi connectivity index (χ2n) is 4.59. The zero-order valence-electron chi connectivity index (χ0n) is 11.4. The third-order valence-electron chi connectivity index (χ3n) is 1.63. The lowest BCUT2D eigenvalue weighted by molar-refractivity contribution is -0.129. The van der Waals surface area contributed by atoms with Crippen LogP contribution in [-0.2, 0) is 14.2 Å². The van der Waals surface area contributed by atoms with Crippen LogP contribution in [0.4, 0.5) is 4.79 Å². The third-order valence-corrected chi connectivity index (χ3v) is 1.63. The van der Waals surface area contributed by atoms with E-state index in [0.29, 0.717) is 19.8 Å². The lowest BCUT2D eigenvalue weighted by Crippen LogP contribution is -2.39. The topological polar surface area (TPSA) is 82.8 Å². The van der Waals surface area contributed by atoms with E-state index >= 15 is 0 Å². The van der Waals surface area contributed by atoms with Gasteiger partial charge in [-0.15, -0.1) is 6.58 Å². The monoisotopic (exact) mass is 260 g/mol. The van der Waals surface area contributed by atoms with Crippen LogP contribution in [0.15, 0.2) is 12.7 Å². The van der Waals surface area contributed by atoms with E-state index in [0.717, 1.165) is 0 Å². The Balaban J connectivity index is 3.99. The first-order valence-corrected chi connectivity index (χ1v) is 5.90. The number of nitrogens with two attached hydrogens (primary N) is 1. The van der Waals surface area contributed by atoms with Gasteiger partial charge in [0.15, 0.2) is 6.29 Å². The van der Waals surface area contributed by atoms with Crippen LogP contribution in [0, 0.1) is 0 Å². The van der Waals surface area contributed by atoms with Crippen LogP contribution >= 0.6 is 0 Å². The Morgan fingerprint density at radius 2 is 2.11 bits per heavy atom. The van der Waals surface area contributed by atoms with Gasteiger partial charge in [0.05, 0.1) is 19.8 Å². The van der Waals surface area contributed by atoms with E-state index in [4.69, 9.17) is 19.9 Å². The molecule has 0 aromatic carbocycles. The fraction of sp³-hybridized carbons (Fsp3) is 0.750. The van der Waals surface area contributed by atoms with Gasteiger partial charge in [-0.3, -0.25) is 0 Å². The second kappa shape index (κ2) is 8.91. The fourth-order valence-electron chi connectivity index (χ4n) is 1.02. The fourth-order valence-corrected chi connectivity index (χ4v) is 1.02. The van der Waals surface area contributed by atoms with Gasteiger partial charge in [-0.05, 0) is 20.8 Å². The molecule has 1 amide bonds. The van der Waals surface area contributed by atoms with Crippen molar-refractivity contribution in [3.8, 4) is 0 Å². The molecule has 18 heavy (non-hydrogen) atoms. The molecule has 0 aromatic rings. The molecule has 0 aliphatic heterocycles. The minimum atomic E-state index is -0.556. The average molecular weight is 260 g/mol. The molecule has 1 atom stereocenters. The summed E-state index contributed by atoms with van der Waals surface area (Å²) in [6, 6.07) is 0. The lowest BCUT2D eigenvalue weighted by atomic mass is 10.2. The van der Waals surface area contributed by atoms with Gasteiger partial charge in [0.1, 0.15) is 5.60 Å². The van der Waals surface area contributed by atoms with Crippen LogP contribution in [0.1, 0.15) is 20.8 Å². The van der Waals surface area contributed by atoms with E-state index in [9.17, 15) is 4.79 Å². The molecule has 0 aliphatic rings. The van der Waals surface area contributed by atoms with Crippen molar-refractivity contribution in [1.82, 2.24) is 5.32 Å². The van der Waals surface area contributed by atoms with Gasteiger partial charge in [0.2, 0.25) is 0 Å². The van der Waals surface area contributed by atoms with Crippen LogP contribution in [0.5, 0.6) is 0 Å². The maximum atomic E-state index is 11.4. The number of carbonyl (C=O) groups is 1. The number of hydrogen-bond acceptors (Lipinski definition) is 5. The summed E-state index contributed by atoms with van der Waals surface area (Å²) < 4.78 is 15.7. The van der Waals surface area contributed by atoms with Gasteiger partial charge in [0.25, 0.3) is 0 Å². The molecule has 6 nitrogen and oxygen atoms in total. The van der Waals surface area contributed by atoms with Crippen molar-refractivity contribution in [2.24, 2.45) is 5.73 Å². The van der Waals surface area contributed by atoms with Crippen LogP contribution in [0.3, 0.4) is 0 Å². The van der Waals surface area contributed by atoms with E-state index in [1.54, 1.807) is 26.8 Å². The van der Waals surface area contributed by atoms with E-state index < -0.39 is 18.0 Å². The molecule has 0 radical (unpaired) electrons. The summed E-state index contributed by atoms with van der Waals surface area (Å²) in [4.78, 5) is 11.4. The maximum absolute atomic E-state index is 11.4. The summed E-state index contributed by atoms with van der Waals surface area (Å²) in [7, 11) is 0. The summed E-state index contributed by atoms with van der Waals surface area (Å²) in [5, 5.41) is 2.57. The molecule has 0 aromatic heterocycles. The Hall–Kier alpha value is -1.11. The molecule has 0 spiro atoms. The number of nitrogens with one attached hydrogen (secondary N) is 1. The molecule has 0 aliphatic carbocycles. The van der Waals surface area contributed by atoms with Crippen LogP contribution < -0.4 is 11.1 Å². The van der Waals surface area contributed by atoms with Crippen molar-refractivity contribution in [2.75, 3.05) is 26.3 Å². The molecule has 3 N–H and O–H groups in total. The van der Waals surface area contributed by atoms with E-state index in [2.05, 4.69) is 11.9 Å². The van der Waals surface area contributed by atoms with Crippen LogP contribution in [-0.4, -0.2) is 44.3 Å². The highest BCUT2D eigenvalue weighted by Crippen LogP contribution is 2.06. The first-order valence-electron chi connectivity index (χ1n) is 5.90. The molecule has 106 valence electrons. The first-order chi connectivity index (χ1) is 8.39. The van der Waals surface area contributed by atoms with Gasteiger partial charge >= 0.3 is 6.09 Å². The number of hydrogen-bond donors (Lipinski definition) is 2. The Bertz CT molecular complexity index is 251. The number of alkyl carbamates (subject to hydrolysis) is 1. The van der Waals surface area contributed by atoms with Gasteiger partial charge in [0, 0.05) is 6.54 Å². The molecule has 6 heteroatoms. The van der Waals surface area contributed by atoms with Crippen LogP contribution in [0.2, 0.25) is 0 Å². The minimum Gasteiger partial charge on any atom is -0.444 e. The van der Waals surface area contributed by atoms with Crippen molar-refractivity contribution >= 4 is 6.09 Å². The molecule has 0 unspecified atom stereocenters. The van der Waals surface area contributed by atoms with E-state index in [-0.39, 0.29) is 6.54 Å². The summed E-state index contributed by atoms with van der Waals surface area (Å²) in [5.74, 6) is 0. The highest BCUT2D eigenvalue weighted by Gasteiger charge is 2.17. The Labute approximate surface area is 108 Å². The largest absolute Gasteiger partial charge is 0.444 e. The predicted molar refractivity (Wildman–Crippen MR) is 69.2 cm³/mol. The number of rotatable bonds is 8. The summed E-state index contributed by atoms with van der Waals surface area (Å²) in [5.41, 5.74) is 4.80. The highest BCUT2D eigenvalue weighted by molar-refractivity contribution is 5.67. The Morgan fingerprint density at radius 1 is 1.44 bits per heavy atom. The Kier molecular flexibility index (Phi) is 8.36. The number of amides is 1. The number of carbonyl (C=O) groups excluding carboxylic acids is 1. The Morgan fingerprint density at radius 3 is 2.61 bits per heavy atom. The van der Waals surface area contributed by atoms with Crippen molar-refractivity contribution in [3.63, 3.8) is 0 Å². The zero-order valence-corrected chi connectivity index (χ0v) is 11.4. The minimum absolute atomic E-state index is 0.197. The third kappa shape index (κ3) is 10.1. The SMILES string of the molecule is C=CCO[C@H](CNC(=O)OC(C)(C)C)OCCN. The molecule has 0 heterocycles. The summed E-state index contributed by atoms with van der Waals surface area (Å²) in [6.07, 6.45) is 0.539. The van der Waals surface area contributed by atoms with Gasteiger partial charge in [-0.2, -0.15) is 0 Å². The first kappa shape index (κ1) is 16.9. The molecular weight excluding hydrogens is 236 g/mol. The molecule has 0 rings (SSSR count). The predicted octanol–water partition coefficient (Wildman–Crippen LogP) is 1.02. The number of ether oxygens (including phenoxy) is 3. The van der Waals surface area contributed by atoms with Gasteiger partial charge in [-0.25, -0.2) is 4.79 Å². The highest BCUT2D eigenvalue weighted by atomic mass is 16.7. The molecule has 0 saturated heterocycles. The van der Waals surface area contributed by atoms with Crippen LogP contribution in [0.25, 0.3) is 0 Å². The van der Waals surface area contributed by atoms with Crippen molar-refractivity contribution in [1.29, 1.82) is 0 Å². The van der Waals surface area contributed by atoms with E-state index in [1.165, 1.54) is 0 Å². The molecule has 0 saturated carbocycles. The lowest BCUT2D eigenvalue weighted by Gasteiger charge is -2.22. The maximum Gasteiger partial charge on any atom is 0.407 e. The second-order valence-corrected chi connectivity index (χ2v) is 4.59. The van der Waals surface area contributed by atoms with Gasteiger partial charge < -0.3 is 25.3 Å². The summed E-state index contributed by atoms with van der Waals surface area (Å²) in [6.45, 7) is 10.2. The van der Waals surface area contributed by atoms with Crippen molar-refractivity contribution in [3.05, 3.63) is 12.7 Å². The quantitative estimate of drug-likeness (QED) is 0.503. The normalized spacial score (nSPS) is 12.9. The van der Waals surface area contributed by atoms with E-state index in [1.807, 2.05) is 0 Å².